The van der Waals surface area contributed by atoms with Crippen LogP contribution >= 0.6 is 24.0 Å². The van der Waals surface area contributed by atoms with Crippen molar-refractivity contribution >= 4 is 35.9 Å². The SMILES string of the molecule is CCNC(=NCC(C)(O)c1ccco1)NCCCCC(=O)OC.I. The van der Waals surface area contributed by atoms with Gasteiger partial charge in [-0.1, -0.05) is 0 Å². The van der Waals surface area contributed by atoms with Crippen LogP contribution in [0.5, 0.6) is 0 Å². The molecule has 1 rings (SSSR count). The van der Waals surface area contributed by atoms with Crippen LogP contribution in [0.3, 0.4) is 0 Å². The molecule has 1 aromatic heterocycles. The Morgan fingerprint density at radius 3 is 2.75 bits per heavy atom. The summed E-state index contributed by atoms with van der Waals surface area (Å²) in [5, 5.41) is 16.7. The molecule has 1 aromatic rings. The molecule has 7 nitrogen and oxygen atoms in total. The van der Waals surface area contributed by atoms with Crippen molar-refractivity contribution in [3.63, 3.8) is 0 Å². The smallest absolute Gasteiger partial charge is 0.305 e. The summed E-state index contributed by atoms with van der Waals surface area (Å²) in [5.41, 5.74) is -1.16. The minimum Gasteiger partial charge on any atom is -0.469 e. The number of rotatable bonds is 9. The fourth-order valence-electron chi connectivity index (χ4n) is 1.94. The number of ether oxygens (including phenoxy) is 1. The first-order valence-electron chi connectivity index (χ1n) is 7.85. The van der Waals surface area contributed by atoms with Gasteiger partial charge in [-0.05, 0) is 38.8 Å². The van der Waals surface area contributed by atoms with Gasteiger partial charge in [-0.25, -0.2) is 4.99 Å². The van der Waals surface area contributed by atoms with E-state index in [2.05, 4.69) is 20.4 Å². The van der Waals surface area contributed by atoms with Gasteiger partial charge in [0.05, 0.1) is 19.9 Å². The number of carbonyl (C=O) groups is 1. The Morgan fingerprint density at radius 2 is 2.17 bits per heavy atom. The number of esters is 1. The minimum absolute atomic E-state index is 0. The van der Waals surface area contributed by atoms with Gasteiger partial charge in [-0.3, -0.25) is 4.79 Å². The molecule has 0 spiro atoms. The van der Waals surface area contributed by atoms with Crippen molar-refractivity contribution < 1.29 is 19.1 Å². The van der Waals surface area contributed by atoms with Gasteiger partial charge in [0, 0.05) is 19.5 Å². The maximum Gasteiger partial charge on any atom is 0.305 e. The lowest BCUT2D eigenvalue weighted by Crippen LogP contribution is -2.39. The molecule has 24 heavy (non-hydrogen) atoms. The Balaban J connectivity index is 0.00000529. The zero-order valence-corrected chi connectivity index (χ0v) is 16.8. The van der Waals surface area contributed by atoms with Gasteiger partial charge in [-0.15, -0.1) is 24.0 Å². The second-order valence-electron chi connectivity index (χ2n) is 5.41. The predicted octanol–water partition coefficient (Wildman–Crippen LogP) is 2.00. The van der Waals surface area contributed by atoms with Gasteiger partial charge in [0.15, 0.2) is 5.96 Å². The molecule has 0 amide bonds. The van der Waals surface area contributed by atoms with Gasteiger partial charge >= 0.3 is 5.97 Å². The van der Waals surface area contributed by atoms with Crippen LogP contribution < -0.4 is 10.6 Å². The Labute approximate surface area is 160 Å². The highest BCUT2D eigenvalue weighted by molar-refractivity contribution is 14.0. The lowest BCUT2D eigenvalue weighted by molar-refractivity contribution is -0.140. The predicted molar refractivity (Wildman–Crippen MR) is 104 cm³/mol. The first-order chi connectivity index (χ1) is 11.0. The van der Waals surface area contributed by atoms with Crippen molar-refractivity contribution in [2.24, 2.45) is 4.99 Å². The Bertz CT molecular complexity index is 490. The first-order valence-corrected chi connectivity index (χ1v) is 7.85. The molecule has 1 unspecified atom stereocenters. The van der Waals surface area contributed by atoms with Gasteiger partial charge in [-0.2, -0.15) is 0 Å². The molecule has 0 bridgehead atoms. The number of nitrogens with one attached hydrogen (secondary N) is 2. The molecule has 0 radical (unpaired) electrons. The summed E-state index contributed by atoms with van der Waals surface area (Å²) >= 11 is 0. The standard InChI is InChI=1S/C16H27N3O4.HI/c1-4-17-15(18-10-6-5-9-14(20)22-3)19-12-16(2,21)13-8-7-11-23-13;/h7-8,11,21H,4-6,9-10,12H2,1-3H3,(H2,17,18,19);1H. The number of furan rings is 1. The maximum atomic E-state index is 11.0. The van der Waals surface area contributed by atoms with Crippen LogP contribution in [0.1, 0.15) is 38.9 Å². The van der Waals surface area contributed by atoms with E-state index in [-0.39, 0.29) is 36.5 Å². The second kappa shape index (κ2) is 12.1. The lowest BCUT2D eigenvalue weighted by Gasteiger charge is -2.19. The number of aliphatic imine (C=N–C) groups is 1. The number of hydrogen-bond acceptors (Lipinski definition) is 5. The zero-order valence-electron chi connectivity index (χ0n) is 14.5. The lowest BCUT2D eigenvalue weighted by atomic mass is 10.0. The molecule has 0 aliphatic carbocycles. The largest absolute Gasteiger partial charge is 0.469 e. The van der Waals surface area contributed by atoms with Crippen molar-refractivity contribution in [3.8, 4) is 0 Å². The topological polar surface area (TPSA) is 96.1 Å². The third-order valence-electron chi connectivity index (χ3n) is 3.27. The summed E-state index contributed by atoms with van der Waals surface area (Å²) < 4.78 is 9.83. The van der Waals surface area contributed by atoms with Crippen molar-refractivity contribution in [1.29, 1.82) is 0 Å². The van der Waals surface area contributed by atoms with E-state index >= 15 is 0 Å². The molecule has 3 N–H and O–H groups in total. The van der Waals surface area contributed by atoms with Gasteiger partial charge < -0.3 is 24.9 Å². The van der Waals surface area contributed by atoms with E-state index in [1.165, 1.54) is 13.4 Å². The van der Waals surface area contributed by atoms with E-state index < -0.39 is 5.60 Å². The normalized spacial score (nSPS) is 13.6. The van der Waals surface area contributed by atoms with Crippen molar-refractivity contribution in [3.05, 3.63) is 24.2 Å². The van der Waals surface area contributed by atoms with E-state index in [9.17, 15) is 9.90 Å². The fourth-order valence-corrected chi connectivity index (χ4v) is 1.94. The minimum atomic E-state index is -1.16. The maximum absolute atomic E-state index is 11.0. The Kier molecular flexibility index (Phi) is 11.5. The number of methoxy groups -OCH3 is 1. The van der Waals surface area contributed by atoms with Crippen LogP contribution in [-0.4, -0.2) is 43.8 Å². The molecule has 0 fully saturated rings. The highest BCUT2D eigenvalue weighted by Crippen LogP contribution is 2.20. The molecule has 0 saturated carbocycles. The quantitative estimate of drug-likeness (QED) is 0.174. The average molecular weight is 453 g/mol. The summed E-state index contributed by atoms with van der Waals surface area (Å²) in [4.78, 5) is 15.4. The highest BCUT2D eigenvalue weighted by atomic mass is 127. The molecule has 0 aromatic carbocycles. The monoisotopic (exact) mass is 453 g/mol. The van der Waals surface area contributed by atoms with Crippen LogP contribution in [0.4, 0.5) is 0 Å². The molecule has 0 aliphatic heterocycles. The number of nitrogens with zero attached hydrogens (tertiary/aromatic N) is 1. The molecular weight excluding hydrogens is 425 g/mol. The third kappa shape index (κ3) is 8.53. The number of hydrogen-bond donors (Lipinski definition) is 3. The number of carbonyl (C=O) groups excluding carboxylic acids is 1. The van der Waals surface area contributed by atoms with E-state index in [0.717, 1.165) is 19.4 Å². The summed E-state index contributed by atoms with van der Waals surface area (Å²) in [7, 11) is 1.39. The van der Waals surface area contributed by atoms with Gasteiger partial charge in [0.25, 0.3) is 0 Å². The first kappa shape index (κ1) is 22.7. The van der Waals surface area contributed by atoms with Crippen LogP contribution in [0, 0.1) is 0 Å². The molecule has 138 valence electrons. The third-order valence-corrected chi connectivity index (χ3v) is 3.27. The van der Waals surface area contributed by atoms with Crippen LogP contribution in [0.15, 0.2) is 27.8 Å². The molecule has 8 heteroatoms. The molecule has 0 saturated heterocycles. The molecule has 1 heterocycles. The summed E-state index contributed by atoms with van der Waals surface area (Å²) in [5.74, 6) is 0.910. The summed E-state index contributed by atoms with van der Waals surface area (Å²) in [6, 6.07) is 3.46. The van der Waals surface area contributed by atoms with E-state index in [0.29, 0.717) is 24.7 Å². The fraction of sp³-hybridized carbons (Fsp3) is 0.625. The molecule has 0 aliphatic rings. The summed E-state index contributed by atoms with van der Waals surface area (Å²) in [6.07, 6.45) is 3.52. The van der Waals surface area contributed by atoms with Gasteiger partial charge in [0.1, 0.15) is 11.4 Å². The van der Waals surface area contributed by atoms with E-state index in [4.69, 9.17) is 4.42 Å². The van der Waals surface area contributed by atoms with Crippen LogP contribution in [0.2, 0.25) is 0 Å². The number of halogens is 1. The number of unbranched alkanes of at least 4 members (excludes halogenated alkanes) is 1. The van der Waals surface area contributed by atoms with Crippen LogP contribution in [-0.2, 0) is 15.1 Å². The molecular formula is C16H28IN3O4. The molecule has 1 atom stereocenters. The number of aliphatic hydroxyl groups is 1. The zero-order chi connectivity index (χ0) is 17.1. The highest BCUT2D eigenvalue weighted by Gasteiger charge is 2.25. The Morgan fingerprint density at radius 1 is 1.42 bits per heavy atom. The van der Waals surface area contributed by atoms with Crippen molar-refractivity contribution in [2.75, 3.05) is 26.7 Å². The van der Waals surface area contributed by atoms with E-state index in [1.54, 1.807) is 19.1 Å². The Hall–Kier alpha value is -1.29. The van der Waals surface area contributed by atoms with Crippen molar-refractivity contribution in [2.45, 2.75) is 38.7 Å². The van der Waals surface area contributed by atoms with Gasteiger partial charge in [0.2, 0.25) is 0 Å². The average Bonchev–Trinajstić information content (AvgIpc) is 3.07. The number of guanidine groups is 1. The summed E-state index contributed by atoms with van der Waals surface area (Å²) in [6.45, 7) is 5.22. The van der Waals surface area contributed by atoms with Crippen molar-refractivity contribution in [1.82, 2.24) is 10.6 Å². The van der Waals surface area contributed by atoms with E-state index in [1.807, 2.05) is 6.92 Å². The second-order valence-corrected chi connectivity index (χ2v) is 5.41. The van der Waals surface area contributed by atoms with Crippen LogP contribution in [0.25, 0.3) is 0 Å².